The van der Waals surface area contributed by atoms with Crippen LogP contribution < -0.4 is 5.32 Å². The molecule has 178 valence electrons. The number of thioether (sulfide) groups is 1. The zero-order valence-corrected chi connectivity index (χ0v) is 20.7. The van der Waals surface area contributed by atoms with E-state index in [1.807, 2.05) is 38.1 Å². The molecule has 0 radical (unpaired) electrons. The van der Waals surface area contributed by atoms with Gasteiger partial charge in [0.25, 0.3) is 0 Å². The van der Waals surface area contributed by atoms with Crippen LogP contribution in [0.2, 0.25) is 0 Å². The molecule has 34 heavy (non-hydrogen) atoms. The van der Waals surface area contributed by atoms with Crippen molar-refractivity contribution >= 4 is 17.7 Å². The lowest BCUT2D eigenvalue weighted by atomic mass is 9.53. The number of amides is 1. The molecule has 3 aromatic rings. The molecule has 2 heterocycles. The lowest BCUT2D eigenvalue weighted by molar-refractivity contribution is -0.126. The third-order valence-corrected chi connectivity index (χ3v) is 9.16. The highest BCUT2D eigenvalue weighted by atomic mass is 32.2. The second kappa shape index (κ2) is 8.59. The van der Waals surface area contributed by atoms with Crippen LogP contribution in [-0.4, -0.2) is 31.5 Å². The largest absolute Gasteiger partial charge is 0.469 e. The van der Waals surface area contributed by atoms with Gasteiger partial charge in [0.1, 0.15) is 5.76 Å². The van der Waals surface area contributed by atoms with E-state index in [0.717, 1.165) is 64.9 Å². The monoisotopic (exact) mass is 476 g/mol. The zero-order chi connectivity index (χ0) is 23.3. The van der Waals surface area contributed by atoms with E-state index in [4.69, 9.17) is 4.42 Å². The fourth-order valence-corrected chi connectivity index (χ4v) is 7.79. The first kappa shape index (κ1) is 22.0. The highest BCUT2D eigenvalue weighted by molar-refractivity contribution is 8.00. The number of aromatic nitrogens is 3. The average molecular weight is 477 g/mol. The van der Waals surface area contributed by atoms with Gasteiger partial charge < -0.3 is 9.73 Å². The zero-order valence-electron chi connectivity index (χ0n) is 19.9. The van der Waals surface area contributed by atoms with Gasteiger partial charge in [-0.25, -0.2) is 0 Å². The maximum Gasteiger partial charge on any atom is 0.233 e. The molecular weight excluding hydrogens is 444 g/mol. The van der Waals surface area contributed by atoms with Crippen LogP contribution in [0, 0.1) is 24.7 Å². The number of carbonyl (C=O) groups excluding carboxylic acids is 1. The van der Waals surface area contributed by atoms with Crippen molar-refractivity contribution in [3.8, 4) is 11.4 Å². The number of aryl methyl sites for hydroxylation is 1. The maximum absolute atomic E-state index is 13.4. The summed E-state index contributed by atoms with van der Waals surface area (Å²) in [7, 11) is 0. The summed E-state index contributed by atoms with van der Waals surface area (Å²) in [5, 5.41) is 13.1. The van der Waals surface area contributed by atoms with Gasteiger partial charge in [-0.1, -0.05) is 42.1 Å². The topological polar surface area (TPSA) is 72.9 Å². The molecule has 1 N–H and O–H groups in total. The molecule has 4 aliphatic carbocycles. The summed E-state index contributed by atoms with van der Waals surface area (Å²) in [5.74, 6) is 4.14. The van der Waals surface area contributed by atoms with Crippen LogP contribution >= 0.6 is 11.8 Å². The number of benzene rings is 1. The van der Waals surface area contributed by atoms with E-state index in [1.54, 1.807) is 6.26 Å². The Labute approximate surface area is 204 Å². The minimum atomic E-state index is -0.245. The molecule has 4 fully saturated rings. The number of nitrogens with zero attached hydrogens (tertiary/aromatic N) is 3. The van der Waals surface area contributed by atoms with Crippen LogP contribution in [0.4, 0.5) is 0 Å². The Morgan fingerprint density at radius 3 is 2.41 bits per heavy atom. The molecule has 7 rings (SSSR count). The van der Waals surface area contributed by atoms with Crippen LogP contribution in [0.5, 0.6) is 0 Å². The Morgan fingerprint density at radius 2 is 1.79 bits per heavy atom. The molecule has 0 saturated heterocycles. The van der Waals surface area contributed by atoms with Gasteiger partial charge in [-0.15, -0.1) is 10.2 Å². The quantitative estimate of drug-likeness (QED) is 0.459. The molecule has 1 amide bonds. The number of rotatable bonds is 7. The lowest BCUT2D eigenvalue weighted by Gasteiger charge is -2.57. The van der Waals surface area contributed by atoms with E-state index in [1.165, 1.54) is 31.0 Å². The van der Waals surface area contributed by atoms with Crippen molar-refractivity contribution in [3.05, 3.63) is 54.0 Å². The van der Waals surface area contributed by atoms with Gasteiger partial charge in [-0.3, -0.25) is 9.36 Å². The second-order valence-corrected chi connectivity index (χ2v) is 12.0. The number of hydrogen-bond acceptors (Lipinski definition) is 5. The van der Waals surface area contributed by atoms with E-state index >= 15 is 0 Å². The van der Waals surface area contributed by atoms with E-state index in [0.29, 0.717) is 6.54 Å². The van der Waals surface area contributed by atoms with Gasteiger partial charge in [-0.05, 0) is 81.8 Å². The molecule has 6 nitrogen and oxygen atoms in total. The summed E-state index contributed by atoms with van der Waals surface area (Å²) in [6, 6.07) is 12.2. The standard InChI is InChI=1S/C27H32N4O2S/c1-17-23(8-9-33-17)24-29-30-26(31(24)16-19-6-4-3-5-7-19)34-18(2)25(32)28-27-13-20-10-21(14-27)12-22(11-20)15-27/h3-9,18,20-22H,10-16H2,1-2H3,(H,28,32). The molecule has 4 aliphatic rings. The average Bonchev–Trinajstić information content (AvgIpc) is 3.39. The molecule has 7 heteroatoms. The van der Waals surface area contributed by atoms with Crippen LogP contribution in [0.3, 0.4) is 0 Å². The van der Waals surface area contributed by atoms with E-state index in [9.17, 15) is 4.79 Å². The van der Waals surface area contributed by atoms with Crippen molar-refractivity contribution in [2.24, 2.45) is 17.8 Å². The molecular formula is C27H32N4O2S. The first-order valence-electron chi connectivity index (χ1n) is 12.5. The second-order valence-electron chi connectivity index (χ2n) is 10.7. The molecule has 0 spiro atoms. The van der Waals surface area contributed by atoms with Crippen LogP contribution in [0.15, 0.2) is 52.2 Å². The van der Waals surface area contributed by atoms with Gasteiger partial charge in [0.2, 0.25) is 5.91 Å². The summed E-state index contributed by atoms with van der Waals surface area (Å²) in [5.41, 5.74) is 2.12. The molecule has 2 aromatic heterocycles. The van der Waals surface area contributed by atoms with Crippen molar-refractivity contribution < 1.29 is 9.21 Å². The minimum Gasteiger partial charge on any atom is -0.469 e. The number of carbonyl (C=O) groups is 1. The fourth-order valence-electron chi connectivity index (χ4n) is 6.94. The summed E-state index contributed by atoms with van der Waals surface area (Å²) in [6.07, 6.45) is 9.29. The van der Waals surface area contributed by atoms with Crippen LogP contribution in [0.1, 0.15) is 56.8 Å². The number of hydrogen-bond donors (Lipinski definition) is 1. The van der Waals surface area contributed by atoms with E-state index in [-0.39, 0.29) is 16.7 Å². The van der Waals surface area contributed by atoms with Crippen LogP contribution in [0.25, 0.3) is 11.4 Å². The van der Waals surface area contributed by atoms with Crippen molar-refractivity contribution in [1.29, 1.82) is 0 Å². The number of nitrogens with one attached hydrogen (secondary N) is 1. The van der Waals surface area contributed by atoms with E-state index in [2.05, 4.69) is 32.2 Å². The molecule has 1 aromatic carbocycles. The molecule has 1 unspecified atom stereocenters. The molecule has 1 atom stereocenters. The smallest absolute Gasteiger partial charge is 0.233 e. The Kier molecular flexibility index (Phi) is 5.55. The van der Waals surface area contributed by atoms with Gasteiger partial charge in [0.05, 0.1) is 23.6 Å². The Balaban J connectivity index is 1.23. The first-order valence-corrected chi connectivity index (χ1v) is 13.4. The Hall–Kier alpha value is -2.54. The van der Waals surface area contributed by atoms with Crippen molar-refractivity contribution in [1.82, 2.24) is 20.1 Å². The molecule has 4 saturated carbocycles. The van der Waals surface area contributed by atoms with Gasteiger partial charge in [-0.2, -0.15) is 0 Å². The first-order chi connectivity index (χ1) is 16.5. The Morgan fingerprint density at radius 1 is 1.12 bits per heavy atom. The lowest BCUT2D eigenvalue weighted by Crippen LogP contribution is -2.60. The highest BCUT2D eigenvalue weighted by Gasteiger charge is 2.51. The molecule has 4 bridgehead atoms. The normalized spacial score (nSPS) is 28.2. The predicted molar refractivity (Wildman–Crippen MR) is 132 cm³/mol. The van der Waals surface area contributed by atoms with Gasteiger partial charge in [0, 0.05) is 5.54 Å². The highest BCUT2D eigenvalue weighted by Crippen LogP contribution is 2.55. The van der Waals surface area contributed by atoms with Gasteiger partial charge >= 0.3 is 0 Å². The SMILES string of the molecule is Cc1occc1-c1nnc(SC(C)C(=O)NC23CC4CC(CC(C4)C2)C3)n1Cc1ccccc1. The maximum atomic E-state index is 13.4. The number of furan rings is 1. The van der Waals surface area contributed by atoms with Gasteiger partial charge in [0.15, 0.2) is 11.0 Å². The summed E-state index contributed by atoms with van der Waals surface area (Å²) in [4.78, 5) is 13.4. The van der Waals surface area contributed by atoms with Crippen molar-refractivity contribution in [2.45, 2.75) is 74.9 Å². The predicted octanol–water partition coefficient (Wildman–Crippen LogP) is 5.46. The minimum absolute atomic E-state index is 0.0252. The Bertz CT molecular complexity index is 1150. The summed E-state index contributed by atoms with van der Waals surface area (Å²) >= 11 is 1.50. The van der Waals surface area contributed by atoms with E-state index < -0.39 is 0 Å². The summed E-state index contributed by atoms with van der Waals surface area (Å²) in [6.45, 7) is 4.56. The fraction of sp³-hybridized carbons (Fsp3) is 0.519. The third-order valence-electron chi connectivity index (χ3n) is 8.08. The van der Waals surface area contributed by atoms with Crippen LogP contribution in [-0.2, 0) is 11.3 Å². The van der Waals surface area contributed by atoms with Crippen molar-refractivity contribution in [2.75, 3.05) is 0 Å². The third kappa shape index (κ3) is 4.08. The summed E-state index contributed by atoms with van der Waals surface area (Å²) < 4.78 is 7.64. The van der Waals surface area contributed by atoms with Crippen molar-refractivity contribution in [3.63, 3.8) is 0 Å². The molecule has 0 aliphatic heterocycles.